The molecule has 6 rings (SSSR count). The van der Waals surface area contributed by atoms with Crippen LogP contribution in [0.2, 0.25) is 0 Å². The minimum absolute atomic E-state index is 0.0245. The van der Waals surface area contributed by atoms with E-state index in [-0.39, 0.29) is 24.4 Å². The summed E-state index contributed by atoms with van der Waals surface area (Å²) in [4.78, 5) is 48.5. The Labute approximate surface area is 287 Å². The Hall–Kier alpha value is -2.87. The van der Waals surface area contributed by atoms with E-state index < -0.39 is 12.2 Å². The molecule has 3 saturated heterocycles. The Morgan fingerprint density at radius 3 is 2.26 bits per heavy atom. The van der Waals surface area contributed by atoms with Gasteiger partial charge in [-0.15, -0.1) is 0 Å². The van der Waals surface area contributed by atoms with Crippen molar-refractivity contribution in [2.75, 3.05) is 70.0 Å². The lowest BCUT2D eigenvalue weighted by atomic mass is 10.0. The number of carbonyl (C=O) groups is 3. The van der Waals surface area contributed by atoms with Gasteiger partial charge in [0.05, 0.1) is 5.69 Å². The highest BCUT2D eigenvalue weighted by molar-refractivity contribution is 9.11. The molecule has 4 aliphatic heterocycles. The molecular formula is C33H43Br2N7O4. The third-order valence-corrected chi connectivity index (χ3v) is 11.1. The Morgan fingerprint density at radius 2 is 1.57 bits per heavy atom. The lowest BCUT2D eigenvalue weighted by Crippen LogP contribution is -2.56. The first kappa shape index (κ1) is 33.0. The van der Waals surface area contributed by atoms with Crippen LogP contribution in [0.25, 0.3) is 0 Å². The van der Waals surface area contributed by atoms with Crippen molar-refractivity contribution in [1.82, 2.24) is 24.9 Å². The van der Waals surface area contributed by atoms with E-state index in [1.54, 1.807) is 4.90 Å². The van der Waals surface area contributed by atoms with Gasteiger partial charge in [-0.2, -0.15) is 0 Å². The number of piperidine rings is 2. The number of nitrogens with two attached hydrogens (primary N) is 1. The lowest BCUT2D eigenvalue weighted by molar-refractivity contribution is -0.143. The summed E-state index contributed by atoms with van der Waals surface area (Å²) in [7, 11) is 0. The number of urea groups is 1. The molecule has 0 aliphatic carbocycles. The predicted octanol–water partition coefficient (Wildman–Crippen LogP) is 4.29. The second-order valence-corrected chi connectivity index (χ2v) is 14.3. The van der Waals surface area contributed by atoms with Crippen LogP contribution in [-0.2, 0) is 22.4 Å². The number of likely N-dealkylation sites (tertiary alicyclic amines) is 1. The van der Waals surface area contributed by atoms with Gasteiger partial charge in [0.25, 0.3) is 5.91 Å². The number of nitrogen functional groups attached to an aromatic ring is 1. The number of fused-ring (bicyclic) bond motifs is 1. The first-order valence-corrected chi connectivity index (χ1v) is 17.9. The van der Waals surface area contributed by atoms with E-state index in [0.717, 1.165) is 62.3 Å². The summed E-state index contributed by atoms with van der Waals surface area (Å²) < 4.78 is 7.48. The summed E-state index contributed by atoms with van der Waals surface area (Å²) in [5.41, 5.74) is 9.51. The Kier molecular flexibility index (Phi) is 10.7. The number of halogens is 2. The van der Waals surface area contributed by atoms with Gasteiger partial charge in [0.1, 0.15) is 0 Å². The van der Waals surface area contributed by atoms with E-state index in [0.29, 0.717) is 66.2 Å². The highest BCUT2D eigenvalue weighted by atomic mass is 79.9. The number of nitrogens with zero attached hydrogens (tertiary/aromatic N) is 4. The molecule has 46 heavy (non-hydrogen) atoms. The van der Waals surface area contributed by atoms with E-state index in [9.17, 15) is 14.4 Å². The van der Waals surface area contributed by atoms with Crippen LogP contribution in [0.5, 0.6) is 0 Å². The van der Waals surface area contributed by atoms with Crippen molar-refractivity contribution >= 4 is 61.3 Å². The maximum Gasteiger partial charge on any atom is 0.410 e. The number of carbonyl (C=O) groups excluding carboxylic acids is 3. The fourth-order valence-corrected chi connectivity index (χ4v) is 8.41. The summed E-state index contributed by atoms with van der Waals surface area (Å²) in [6, 6.07) is 12.1. The third-order valence-electron chi connectivity index (χ3n) is 9.83. The minimum atomic E-state index is -0.965. The first-order chi connectivity index (χ1) is 22.3. The summed E-state index contributed by atoms with van der Waals surface area (Å²) in [5.74, 6) is -0.168. The van der Waals surface area contributed by atoms with Crippen molar-refractivity contribution in [2.45, 2.75) is 56.7 Å². The highest BCUT2D eigenvalue weighted by Crippen LogP contribution is 2.31. The monoisotopic (exact) mass is 759 g/mol. The average Bonchev–Trinajstić information content (AvgIpc) is 3.25. The van der Waals surface area contributed by atoms with E-state index in [2.05, 4.69) is 47.4 Å². The van der Waals surface area contributed by atoms with Gasteiger partial charge in [0, 0.05) is 79.0 Å². The van der Waals surface area contributed by atoms with Crippen LogP contribution in [0.4, 0.5) is 21.0 Å². The van der Waals surface area contributed by atoms with Gasteiger partial charge >= 0.3 is 12.1 Å². The van der Waals surface area contributed by atoms with Crippen LogP contribution in [0.15, 0.2) is 45.3 Å². The number of para-hydroxylation sites is 1. The second kappa shape index (κ2) is 14.9. The van der Waals surface area contributed by atoms with Crippen molar-refractivity contribution < 1.29 is 19.1 Å². The Bertz CT molecular complexity index is 1400. The molecule has 4 heterocycles. The summed E-state index contributed by atoms with van der Waals surface area (Å²) in [5, 5.41) is 6.47. The maximum absolute atomic E-state index is 14.0. The number of hydrogen-bond acceptors (Lipinski definition) is 7. The van der Waals surface area contributed by atoms with E-state index in [1.807, 2.05) is 46.2 Å². The molecular weight excluding hydrogens is 718 g/mol. The van der Waals surface area contributed by atoms with Crippen LogP contribution >= 0.6 is 31.9 Å². The van der Waals surface area contributed by atoms with Crippen molar-refractivity contribution in [2.24, 2.45) is 0 Å². The van der Waals surface area contributed by atoms with Gasteiger partial charge in [-0.25, -0.2) is 9.59 Å². The minimum Gasteiger partial charge on any atom is -0.436 e. The molecule has 0 aromatic heterocycles. The maximum atomic E-state index is 14.0. The van der Waals surface area contributed by atoms with Crippen molar-refractivity contribution in [1.29, 1.82) is 0 Å². The topological polar surface area (TPSA) is 123 Å². The fraction of sp³-hybridized carbons (Fsp3) is 0.545. The van der Waals surface area contributed by atoms with Crippen molar-refractivity contribution in [3.8, 4) is 0 Å². The van der Waals surface area contributed by atoms with Gasteiger partial charge in [-0.05, 0) is 106 Å². The molecule has 1 atom stereocenters. The van der Waals surface area contributed by atoms with Gasteiger partial charge in [0.15, 0.2) is 6.10 Å². The standard InChI is InChI=1S/C33H43Br2N7O4/c34-26-19-22(20-27(35)30(26)36)21-29(31(43)40-17-15-39(16-18-40)24-5-10-37-11-6-24)46-33(45)41-12-8-25(9-13-41)42-14-7-23-3-1-2-4-28(23)38-32(42)44/h1-4,19-20,24-25,29,37H,5-18,21,36H2,(H,38,44)/t29-/m1/s1. The number of ether oxygens (including phenoxy) is 1. The number of benzene rings is 2. The summed E-state index contributed by atoms with van der Waals surface area (Å²) in [6.45, 7) is 6.46. The molecule has 0 saturated carbocycles. The van der Waals surface area contributed by atoms with Crippen LogP contribution < -0.4 is 16.4 Å². The summed E-state index contributed by atoms with van der Waals surface area (Å²) >= 11 is 7.01. The second-order valence-electron chi connectivity index (χ2n) is 12.6. The van der Waals surface area contributed by atoms with Gasteiger partial charge in [0.2, 0.25) is 0 Å². The van der Waals surface area contributed by atoms with E-state index in [4.69, 9.17) is 10.5 Å². The number of rotatable bonds is 6. The van der Waals surface area contributed by atoms with Gasteiger partial charge in [-0.1, -0.05) is 18.2 Å². The number of piperazine rings is 1. The molecule has 2 aromatic carbocycles. The molecule has 3 fully saturated rings. The number of hydrogen-bond donors (Lipinski definition) is 3. The molecule has 0 spiro atoms. The molecule has 13 heteroatoms. The molecule has 248 valence electrons. The zero-order valence-corrected chi connectivity index (χ0v) is 29.2. The normalized spacial score (nSPS) is 20.9. The number of anilines is 2. The quantitative estimate of drug-likeness (QED) is 0.376. The number of nitrogens with one attached hydrogen (secondary N) is 2. The summed E-state index contributed by atoms with van der Waals surface area (Å²) in [6.07, 6.45) is 3.11. The number of amides is 4. The van der Waals surface area contributed by atoms with Crippen LogP contribution in [0, 0.1) is 0 Å². The molecule has 11 nitrogen and oxygen atoms in total. The molecule has 0 unspecified atom stereocenters. The fourth-order valence-electron chi connectivity index (χ4n) is 7.13. The smallest absolute Gasteiger partial charge is 0.410 e. The molecule has 4 aliphatic rings. The molecule has 4 amide bonds. The van der Waals surface area contributed by atoms with Gasteiger partial charge < -0.3 is 35.8 Å². The van der Waals surface area contributed by atoms with E-state index in [1.165, 1.54) is 0 Å². The van der Waals surface area contributed by atoms with Gasteiger partial charge in [-0.3, -0.25) is 9.69 Å². The first-order valence-electron chi connectivity index (χ1n) is 16.3. The SMILES string of the molecule is Nc1c(Br)cc(C[C@@H](OC(=O)N2CCC(N3CCc4ccccc4NC3=O)CC2)C(=O)N2CCN(C3CCNCC3)CC2)cc1Br. The zero-order valence-electron chi connectivity index (χ0n) is 26.1. The van der Waals surface area contributed by atoms with Crippen LogP contribution in [0.3, 0.4) is 0 Å². The van der Waals surface area contributed by atoms with E-state index >= 15 is 0 Å². The molecule has 4 N–H and O–H groups in total. The molecule has 2 aromatic rings. The molecule has 0 radical (unpaired) electrons. The van der Waals surface area contributed by atoms with Crippen LogP contribution in [-0.4, -0.2) is 115 Å². The lowest BCUT2D eigenvalue weighted by Gasteiger charge is -2.41. The Morgan fingerprint density at radius 1 is 0.891 bits per heavy atom. The largest absolute Gasteiger partial charge is 0.436 e. The zero-order chi connectivity index (χ0) is 32.2. The predicted molar refractivity (Wildman–Crippen MR) is 185 cm³/mol. The highest BCUT2D eigenvalue weighted by Gasteiger charge is 2.36. The third kappa shape index (κ3) is 7.64. The van der Waals surface area contributed by atoms with Crippen molar-refractivity contribution in [3.63, 3.8) is 0 Å². The molecule has 0 bridgehead atoms. The Balaban J connectivity index is 1.09. The van der Waals surface area contributed by atoms with Crippen molar-refractivity contribution in [3.05, 3.63) is 56.5 Å². The van der Waals surface area contributed by atoms with Crippen LogP contribution in [0.1, 0.15) is 36.8 Å². The average molecular weight is 762 g/mol.